The molecular formula is C32H33FN2O5S. The van der Waals surface area contributed by atoms with Crippen LogP contribution in [0.15, 0.2) is 65.1 Å². The van der Waals surface area contributed by atoms with E-state index in [-0.39, 0.29) is 11.7 Å². The number of rotatable bonds is 14. The maximum absolute atomic E-state index is 13.6. The summed E-state index contributed by atoms with van der Waals surface area (Å²) in [5, 5.41) is 3.48. The molecule has 1 aliphatic rings. The molecule has 9 heteroatoms. The second-order valence-corrected chi connectivity index (χ2v) is 10.7. The largest absolute Gasteiger partial charge is 0.455 e. The number of nitrogens with zero attached hydrogens (tertiary/aromatic N) is 1. The van der Waals surface area contributed by atoms with Crippen LogP contribution in [0, 0.1) is 5.82 Å². The van der Waals surface area contributed by atoms with E-state index in [0.29, 0.717) is 66.9 Å². The van der Waals surface area contributed by atoms with Crippen LogP contribution in [0.5, 0.6) is 0 Å². The van der Waals surface area contributed by atoms with Gasteiger partial charge in [-0.15, -0.1) is 0 Å². The normalized spacial score (nSPS) is 13.0. The number of fused-ring (bicyclic) bond motifs is 1. The lowest BCUT2D eigenvalue weighted by atomic mass is 10.0. The summed E-state index contributed by atoms with van der Waals surface area (Å²) in [5.74, 6) is 0.268. The molecule has 3 aromatic carbocycles. The summed E-state index contributed by atoms with van der Waals surface area (Å²) in [6.45, 7) is 2.58. The van der Waals surface area contributed by atoms with E-state index in [0.717, 1.165) is 35.8 Å². The van der Waals surface area contributed by atoms with Crippen LogP contribution in [-0.4, -0.2) is 51.9 Å². The fourth-order valence-corrected chi connectivity index (χ4v) is 5.41. The fraction of sp³-hybridized carbons (Fsp3) is 0.312. The highest BCUT2D eigenvalue weighted by Crippen LogP contribution is 2.48. The third-order valence-corrected chi connectivity index (χ3v) is 7.92. The number of furan rings is 1. The van der Waals surface area contributed by atoms with Gasteiger partial charge in [0.25, 0.3) is 5.91 Å². The summed E-state index contributed by atoms with van der Waals surface area (Å²) < 4.78 is 33.6. The first-order valence-electron chi connectivity index (χ1n) is 13.6. The van der Waals surface area contributed by atoms with Crippen molar-refractivity contribution in [3.63, 3.8) is 0 Å². The maximum atomic E-state index is 13.6. The number of hydrogen-bond acceptors (Lipinski definition) is 7. The Labute approximate surface area is 243 Å². The first-order valence-corrected chi connectivity index (χ1v) is 14.8. The highest BCUT2D eigenvalue weighted by atomic mass is 32.2. The molecule has 0 spiro atoms. The van der Waals surface area contributed by atoms with Crippen molar-refractivity contribution >= 4 is 40.8 Å². The minimum atomic E-state index is -0.348. The number of amides is 1. The molecule has 7 nitrogen and oxygen atoms in total. The molecular weight excluding hydrogens is 543 g/mol. The molecule has 41 heavy (non-hydrogen) atoms. The van der Waals surface area contributed by atoms with Crippen LogP contribution >= 0.6 is 11.9 Å². The summed E-state index contributed by atoms with van der Waals surface area (Å²) >= 11 is 1.61. The third-order valence-electron chi connectivity index (χ3n) is 7.10. The predicted molar refractivity (Wildman–Crippen MR) is 160 cm³/mol. The molecule has 1 heterocycles. The maximum Gasteiger partial charge on any atom is 0.255 e. The van der Waals surface area contributed by atoms with Crippen LogP contribution in [0.4, 0.5) is 10.1 Å². The van der Waals surface area contributed by atoms with Gasteiger partial charge >= 0.3 is 0 Å². The van der Waals surface area contributed by atoms with E-state index in [4.69, 9.17) is 13.9 Å². The lowest BCUT2D eigenvalue weighted by Gasteiger charge is -2.24. The number of benzene rings is 3. The van der Waals surface area contributed by atoms with Gasteiger partial charge in [0.2, 0.25) is 0 Å². The summed E-state index contributed by atoms with van der Waals surface area (Å²) in [6.07, 6.45) is 5.06. The monoisotopic (exact) mass is 576 g/mol. The van der Waals surface area contributed by atoms with E-state index in [1.165, 1.54) is 17.7 Å². The molecule has 0 aliphatic heterocycles. The van der Waals surface area contributed by atoms with Gasteiger partial charge in [0.05, 0.1) is 44.2 Å². The highest BCUT2D eigenvalue weighted by molar-refractivity contribution is 7.99. The number of hydrogen-bond donors (Lipinski definition) is 1. The van der Waals surface area contributed by atoms with E-state index in [1.54, 1.807) is 43.3 Å². The quantitative estimate of drug-likeness (QED) is 0.103. The Kier molecular flexibility index (Phi) is 9.38. The van der Waals surface area contributed by atoms with Crippen LogP contribution < -0.4 is 9.62 Å². The van der Waals surface area contributed by atoms with E-state index < -0.39 is 0 Å². The number of aldehydes is 1. The molecule has 0 unspecified atom stereocenters. The van der Waals surface area contributed by atoms with Crippen LogP contribution in [-0.2, 0) is 16.1 Å². The van der Waals surface area contributed by atoms with Crippen LogP contribution in [0.3, 0.4) is 0 Å². The number of halogens is 1. The van der Waals surface area contributed by atoms with Gasteiger partial charge in [-0.1, -0.05) is 36.2 Å². The lowest BCUT2D eigenvalue weighted by molar-refractivity contribution is 0.0436. The van der Waals surface area contributed by atoms with Gasteiger partial charge in [0.15, 0.2) is 0 Å². The van der Waals surface area contributed by atoms with Crippen LogP contribution in [0.1, 0.15) is 50.6 Å². The molecule has 0 radical (unpaired) electrons. The average molecular weight is 577 g/mol. The number of ether oxygens (including phenoxy) is 2. The summed E-state index contributed by atoms with van der Waals surface area (Å²) in [6, 6.07) is 17.4. The Morgan fingerprint density at radius 2 is 1.80 bits per heavy atom. The van der Waals surface area contributed by atoms with E-state index in [1.807, 2.05) is 24.5 Å². The van der Waals surface area contributed by atoms with Gasteiger partial charge in [-0.3, -0.25) is 9.59 Å². The summed E-state index contributed by atoms with van der Waals surface area (Å²) in [7, 11) is 1.60. The zero-order valence-corrected chi connectivity index (χ0v) is 24.0. The van der Waals surface area contributed by atoms with Crippen molar-refractivity contribution in [2.45, 2.75) is 25.4 Å². The first kappa shape index (κ1) is 28.9. The zero-order chi connectivity index (χ0) is 28.8. The molecule has 1 amide bonds. The van der Waals surface area contributed by atoms with Crippen molar-refractivity contribution in [2.24, 2.45) is 0 Å². The van der Waals surface area contributed by atoms with Crippen molar-refractivity contribution < 1.29 is 27.9 Å². The molecule has 1 saturated carbocycles. The number of anilines is 1. The molecule has 1 aromatic heterocycles. The zero-order valence-electron chi connectivity index (χ0n) is 23.2. The van der Waals surface area contributed by atoms with Crippen molar-refractivity contribution in [3.05, 3.63) is 88.7 Å². The Bertz CT molecular complexity index is 1500. The molecule has 1 fully saturated rings. The predicted octanol–water partition coefficient (Wildman–Crippen LogP) is 6.61. The second-order valence-electron chi connectivity index (χ2n) is 9.88. The van der Waals surface area contributed by atoms with Crippen LogP contribution in [0.25, 0.3) is 22.3 Å². The molecule has 1 aliphatic carbocycles. The molecule has 0 atom stereocenters. The molecule has 214 valence electrons. The number of nitrogens with one attached hydrogen (secondary N) is 1. The average Bonchev–Trinajstić information content (AvgIpc) is 3.78. The Balaban J connectivity index is 1.28. The van der Waals surface area contributed by atoms with E-state index in [2.05, 4.69) is 15.7 Å². The van der Waals surface area contributed by atoms with Gasteiger partial charge in [-0.25, -0.2) is 4.39 Å². The minimum Gasteiger partial charge on any atom is -0.455 e. The van der Waals surface area contributed by atoms with Crippen LogP contribution in [0.2, 0.25) is 0 Å². The van der Waals surface area contributed by atoms with E-state index in [9.17, 15) is 14.0 Å². The molecule has 0 bridgehead atoms. The smallest absolute Gasteiger partial charge is 0.255 e. The van der Waals surface area contributed by atoms with E-state index >= 15 is 0 Å². The number of carbonyl (C=O) groups is 2. The molecule has 0 saturated heterocycles. The topological polar surface area (TPSA) is 81.0 Å². The molecule has 4 aromatic rings. The fourth-order valence-electron chi connectivity index (χ4n) is 4.80. The Morgan fingerprint density at radius 1 is 1.07 bits per heavy atom. The van der Waals surface area contributed by atoms with Crippen molar-refractivity contribution in [1.82, 2.24) is 5.32 Å². The summed E-state index contributed by atoms with van der Waals surface area (Å²) in [4.78, 5) is 23.8. The van der Waals surface area contributed by atoms with Gasteiger partial charge in [0.1, 0.15) is 23.4 Å². The molecule has 5 rings (SSSR count). The number of carbonyl (C=O) groups excluding carboxylic acids is 2. The van der Waals surface area contributed by atoms with Gasteiger partial charge < -0.3 is 23.5 Å². The van der Waals surface area contributed by atoms with Gasteiger partial charge in [0, 0.05) is 35.9 Å². The molecule has 1 N–H and O–H groups in total. The first-order chi connectivity index (χ1) is 20.0. The standard InChI is InChI=1S/C32H33FN2O5S/c1-34-32(37)30-27-17-26(23-7-8-23)28(18-29(27)40-31(30)24-9-11-25(33)12-10-24)35(41-2)13-14-38-15-16-39-20-22-5-3-21(19-36)4-6-22/h3-6,9-12,17-19,23H,7-8,13-16,20H2,1-2H3,(H,34,37). The lowest BCUT2D eigenvalue weighted by Crippen LogP contribution is -2.22. The second kappa shape index (κ2) is 13.3. The SMILES string of the molecule is CNC(=O)c1c(-c2ccc(F)cc2)oc2cc(N(CCOCCOCc3ccc(C=O)cc3)SC)c(C3CC3)cc12. The van der Waals surface area contributed by atoms with Crippen molar-refractivity contribution in [3.8, 4) is 11.3 Å². The minimum absolute atomic E-state index is 0.243. The van der Waals surface area contributed by atoms with Crippen molar-refractivity contribution in [1.29, 1.82) is 0 Å². The Hall–Kier alpha value is -3.66. The van der Waals surface area contributed by atoms with Gasteiger partial charge in [-0.05, 0) is 60.2 Å². The third kappa shape index (κ3) is 6.81. The highest BCUT2D eigenvalue weighted by Gasteiger charge is 2.31. The Morgan fingerprint density at radius 3 is 2.46 bits per heavy atom. The van der Waals surface area contributed by atoms with Crippen molar-refractivity contribution in [2.75, 3.05) is 44.0 Å². The van der Waals surface area contributed by atoms with Gasteiger partial charge in [-0.2, -0.15) is 0 Å². The summed E-state index contributed by atoms with van der Waals surface area (Å²) in [5.41, 5.74) is 5.60.